The van der Waals surface area contributed by atoms with Crippen molar-refractivity contribution in [1.29, 1.82) is 0 Å². The molecule has 0 saturated carbocycles. The standard InChI is InChI=1S/C23H17N2/c1-16-14-18(17-8-3-2-4-9-17)15-22-20-11-6-5-10-19(20)21-12-7-13-24-23(21)25(16)22/h2-15H,1H3/q+1. The Morgan fingerprint density at radius 3 is 2.24 bits per heavy atom. The average molecular weight is 321 g/mol. The largest absolute Gasteiger partial charge is 0.336 e. The van der Waals surface area contributed by atoms with Crippen molar-refractivity contribution in [3.8, 4) is 11.1 Å². The fourth-order valence-electron chi connectivity index (χ4n) is 3.74. The van der Waals surface area contributed by atoms with Gasteiger partial charge in [0.05, 0.1) is 5.39 Å². The van der Waals surface area contributed by atoms with Gasteiger partial charge in [-0.1, -0.05) is 54.6 Å². The van der Waals surface area contributed by atoms with E-state index < -0.39 is 0 Å². The average Bonchev–Trinajstić information content (AvgIpc) is 2.68. The van der Waals surface area contributed by atoms with Crippen LogP contribution in [0, 0.1) is 6.92 Å². The molecule has 0 aliphatic carbocycles. The van der Waals surface area contributed by atoms with Gasteiger partial charge in [0, 0.05) is 10.8 Å². The summed E-state index contributed by atoms with van der Waals surface area (Å²) in [6.45, 7) is 2.16. The minimum Gasteiger partial charge on any atom is -0.193 e. The molecule has 3 heterocycles. The van der Waals surface area contributed by atoms with Gasteiger partial charge in [-0.25, -0.2) is 0 Å². The summed E-state index contributed by atoms with van der Waals surface area (Å²) in [5.41, 5.74) is 5.86. The second kappa shape index (κ2) is 5.38. The summed E-state index contributed by atoms with van der Waals surface area (Å²) >= 11 is 0. The van der Waals surface area contributed by atoms with Crippen LogP contribution in [-0.2, 0) is 0 Å². The predicted octanol–water partition coefficient (Wildman–Crippen LogP) is 5.10. The number of aromatic nitrogens is 2. The second-order valence-corrected chi connectivity index (χ2v) is 6.39. The molecule has 2 heteroatoms. The normalized spacial score (nSPS) is 11.4. The maximum absolute atomic E-state index is 4.69. The monoisotopic (exact) mass is 321 g/mol. The molecule has 0 fully saturated rings. The van der Waals surface area contributed by atoms with Gasteiger partial charge in [0.15, 0.2) is 0 Å². The molecule has 0 atom stereocenters. The van der Waals surface area contributed by atoms with E-state index in [9.17, 15) is 0 Å². The van der Waals surface area contributed by atoms with E-state index in [0.29, 0.717) is 0 Å². The van der Waals surface area contributed by atoms with Crippen LogP contribution in [0.4, 0.5) is 0 Å². The van der Waals surface area contributed by atoms with Crippen molar-refractivity contribution >= 4 is 27.3 Å². The van der Waals surface area contributed by atoms with E-state index in [1.807, 2.05) is 12.3 Å². The first-order valence-electron chi connectivity index (χ1n) is 8.50. The Hall–Kier alpha value is -3.26. The molecule has 118 valence electrons. The Morgan fingerprint density at radius 1 is 0.680 bits per heavy atom. The number of nitrogens with zero attached hydrogens (tertiary/aromatic N) is 2. The molecule has 0 unspecified atom stereocenters. The molecule has 0 saturated heterocycles. The first kappa shape index (κ1) is 14.1. The van der Waals surface area contributed by atoms with Crippen molar-refractivity contribution in [2.24, 2.45) is 0 Å². The maximum Gasteiger partial charge on any atom is 0.336 e. The van der Waals surface area contributed by atoms with Crippen molar-refractivity contribution in [1.82, 2.24) is 4.98 Å². The SMILES string of the molecule is Cc1cc(-c2ccccc2)cc2c3ccccc3c3cccnc3[n+]12. The lowest BCUT2D eigenvalue weighted by molar-refractivity contribution is -0.491. The predicted molar refractivity (Wildman–Crippen MR) is 103 cm³/mol. The zero-order valence-electron chi connectivity index (χ0n) is 14.0. The molecule has 25 heavy (non-hydrogen) atoms. The summed E-state index contributed by atoms with van der Waals surface area (Å²) < 4.78 is 2.27. The highest BCUT2D eigenvalue weighted by Gasteiger charge is 2.18. The smallest absolute Gasteiger partial charge is 0.193 e. The molecule has 5 aromatic rings. The van der Waals surface area contributed by atoms with E-state index in [-0.39, 0.29) is 0 Å². The van der Waals surface area contributed by atoms with Crippen molar-refractivity contribution in [3.05, 3.63) is 90.8 Å². The number of aryl methyl sites for hydroxylation is 1. The van der Waals surface area contributed by atoms with Gasteiger partial charge >= 0.3 is 5.65 Å². The summed E-state index contributed by atoms with van der Waals surface area (Å²) in [6.07, 6.45) is 1.87. The summed E-state index contributed by atoms with van der Waals surface area (Å²) in [7, 11) is 0. The lowest BCUT2D eigenvalue weighted by Crippen LogP contribution is -2.28. The molecule has 2 nitrogen and oxygen atoms in total. The third-order valence-corrected chi connectivity index (χ3v) is 4.85. The van der Waals surface area contributed by atoms with Gasteiger partial charge in [-0.2, -0.15) is 4.40 Å². The molecule has 3 aromatic heterocycles. The van der Waals surface area contributed by atoms with E-state index >= 15 is 0 Å². The van der Waals surface area contributed by atoms with Crippen LogP contribution in [0.2, 0.25) is 0 Å². The Morgan fingerprint density at radius 2 is 1.40 bits per heavy atom. The molecular weight excluding hydrogens is 304 g/mol. The van der Waals surface area contributed by atoms with Crippen molar-refractivity contribution < 1.29 is 4.40 Å². The topological polar surface area (TPSA) is 17.0 Å². The minimum absolute atomic E-state index is 1.01. The van der Waals surface area contributed by atoms with Gasteiger partial charge in [-0.3, -0.25) is 0 Å². The van der Waals surface area contributed by atoms with Crippen LogP contribution in [0.1, 0.15) is 5.69 Å². The lowest BCUT2D eigenvalue weighted by Gasteiger charge is -2.10. The summed E-state index contributed by atoms with van der Waals surface area (Å²) in [5, 5.41) is 3.69. The highest BCUT2D eigenvalue weighted by molar-refractivity contribution is 6.09. The number of hydrogen-bond donors (Lipinski definition) is 0. The molecule has 0 aliphatic heterocycles. The van der Waals surface area contributed by atoms with Gasteiger partial charge in [0.1, 0.15) is 17.4 Å². The first-order chi connectivity index (χ1) is 12.3. The van der Waals surface area contributed by atoms with E-state index in [1.54, 1.807) is 0 Å². The molecule has 0 bridgehead atoms. The summed E-state index contributed by atoms with van der Waals surface area (Å²) in [5.74, 6) is 0. The fourth-order valence-corrected chi connectivity index (χ4v) is 3.74. The Balaban J connectivity index is 2.01. The maximum atomic E-state index is 4.69. The highest BCUT2D eigenvalue weighted by Crippen LogP contribution is 2.28. The van der Waals surface area contributed by atoms with Crippen molar-refractivity contribution in [2.75, 3.05) is 0 Å². The van der Waals surface area contributed by atoms with Crippen molar-refractivity contribution in [2.45, 2.75) is 6.92 Å². The molecule has 0 N–H and O–H groups in total. The molecule has 2 aromatic carbocycles. The zero-order valence-corrected chi connectivity index (χ0v) is 14.0. The molecule has 0 spiro atoms. The number of hydrogen-bond acceptors (Lipinski definition) is 1. The van der Waals surface area contributed by atoms with E-state index in [2.05, 4.69) is 89.1 Å². The second-order valence-electron chi connectivity index (χ2n) is 6.39. The van der Waals surface area contributed by atoms with Gasteiger partial charge in [-0.05, 0) is 47.3 Å². The van der Waals surface area contributed by atoms with E-state index in [0.717, 1.165) is 5.65 Å². The lowest BCUT2D eigenvalue weighted by atomic mass is 10.0. The van der Waals surface area contributed by atoms with Crippen LogP contribution >= 0.6 is 0 Å². The Labute approximate surface area is 146 Å². The van der Waals surface area contributed by atoms with Crippen LogP contribution in [0.5, 0.6) is 0 Å². The molecule has 0 amide bonds. The van der Waals surface area contributed by atoms with Crippen LogP contribution in [0.15, 0.2) is 85.1 Å². The number of benzene rings is 2. The summed E-state index contributed by atoms with van der Waals surface area (Å²) in [6, 6.07) is 27.8. The highest BCUT2D eigenvalue weighted by atomic mass is 15.0. The van der Waals surface area contributed by atoms with Crippen molar-refractivity contribution in [3.63, 3.8) is 0 Å². The third-order valence-electron chi connectivity index (χ3n) is 4.85. The molecule has 5 rings (SSSR count). The number of rotatable bonds is 1. The van der Waals surface area contributed by atoms with Crippen LogP contribution < -0.4 is 4.40 Å². The Bertz CT molecular complexity index is 1240. The quantitative estimate of drug-likeness (QED) is 0.310. The van der Waals surface area contributed by atoms with Crippen LogP contribution in [0.3, 0.4) is 0 Å². The molecular formula is C23H17N2+. The van der Waals surface area contributed by atoms with Gasteiger partial charge in [0.2, 0.25) is 0 Å². The summed E-state index contributed by atoms with van der Waals surface area (Å²) in [4.78, 5) is 4.69. The molecule has 0 aliphatic rings. The fraction of sp³-hybridized carbons (Fsp3) is 0.0435. The van der Waals surface area contributed by atoms with Gasteiger partial charge in [-0.15, -0.1) is 0 Å². The van der Waals surface area contributed by atoms with Crippen LogP contribution in [0.25, 0.3) is 38.4 Å². The Kier molecular flexibility index (Phi) is 3.04. The van der Waals surface area contributed by atoms with Gasteiger partial charge < -0.3 is 0 Å². The van der Waals surface area contributed by atoms with E-state index in [1.165, 1.54) is 38.5 Å². The first-order valence-corrected chi connectivity index (χ1v) is 8.50. The molecule has 0 radical (unpaired) electrons. The van der Waals surface area contributed by atoms with E-state index in [4.69, 9.17) is 0 Å². The minimum atomic E-state index is 1.01. The van der Waals surface area contributed by atoms with Gasteiger partial charge in [0.25, 0.3) is 0 Å². The third kappa shape index (κ3) is 2.11. The van der Waals surface area contributed by atoms with Crippen LogP contribution in [-0.4, -0.2) is 4.98 Å². The zero-order chi connectivity index (χ0) is 16.8. The number of fused-ring (bicyclic) bond motifs is 6. The number of pyridine rings is 3.